The molecule has 8 aliphatic rings. The molecule has 2 aromatic heterocycles. The Bertz CT molecular complexity index is 4070. The van der Waals surface area contributed by atoms with Gasteiger partial charge in [-0.1, -0.05) is 91.0 Å². The van der Waals surface area contributed by atoms with Crippen LogP contribution in [0.25, 0.3) is 10.8 Å². The summed E-state index contributed by atoms with van der Waals surface area (Å²) in [7, 11) is 1.50. The van der Waals surface area contributed by atoms with Gasteiger partial charge in [-0.2, -0.15) is 0 Å². The Labute approximate surface area is 519 Å². The maximum atomic E-state index is 15.8. The molecule has 6 bridgehead atoms. The number of H-pyrrole nitrogens is 1. The molecule has 3 spiro atoms. The number of rotatable bonds is 9. The van der Waals surface area contributed by atoms with Gasteiger partial charge >= 0.3 is 5.97 Å². The number of methoxy groups -OCH3 is 1. The van der Waals surface area contributed by atoms with Gasteiger partial charge in [0.2, 0.25) is 5.75 Å². The maximum Gasteiger partial charge on any atom is 0.302 e. The monoisotopic (exact) mass is 1190 g/mol. The first-order valence-corrected chi connectivity index (χ1v) is 32.0. The Morgan fingerprint density at radius 2 is 1.70 bits per heavy atom. The number of esters is 1. The van der Waals surface area contributed by atoms with Crippen LogP contribution in [0.5, 0.6) is 34.5 Å². The minimum absolute atomic E-state index is 0.0163. The van der Waals surface area contributed by atoms with Crippen LogP contribution in [-0.2, 0) is 25.5 Å². The summed E-state index contributed by atoms with van der Waals surface area (Å²) in [6, 6.07) is 20.6. The van der Waals surface area contributed by atoms with E-state index in [9.17, 15) is 30.0 Å². The number of carbonyl (C=O) groups excluding carboxylic acids is 3. The lowest BCUT2D eigenvalue weighted by molar-refractivity contribution is -0.148. The van der Waals surface area contributed by atoms with E-state index in [1.807, 2.05) is 12.1 Å². The summed E-state index contributed by atoms with van der Waals surface area (Å²) in [6.07, 6.45) is 30.6. The van der Waals surface area contributed by atoms with E-state index in [4.69, 9.17) is 14.2 Å². The number of allylic oxidation sites excluding steroid dienone is 8. The summed E-state index contributed by atoms with van der Waals surface area (Å²) < 4.78 is 20.9. The summed E-state index contributed by atoms with van der Waals surface area (Å²) in [4.78, 5) is 48.3. The van der Waals surface area contributed by atoms with Crippen molar-refractivity contribution in [2.45, 2.75) is 146 Å². The minimum atomic E-state index is -0.796. The number of phenolic OH excluding ortho intramolecular Hbond substituents is 3. The van der Waals surface area contributed by atoms with Crippen LogP contribution >= 0.6 is 0 Å². The van der Waals surface area contributed by atoms with Crippen LogP contribution in [0.15, 0.2) is 151 Å². The molecule has 458 valence electrons. The maximum absolute atomic E-state index is 15.8. The second kappa shape index (κ2) is 23.0. The number of hydrogen-bond donors (Lipinski definition) is 6. The highest BCUT2D eigenvalue weighted by Gasteiger charge is 2.56. The van der Waals surface area contributed by atoms with Gasteiger partial charge in [-0.15, -0.1) is 0 Å². The number of anilines is 1. The van der Waals surface area contributed by atoms with E-state index in [0.717, 1.165) is 94.3 Å². The molecule has 2 aliphatic heterocycles. The molecule has 14 rings (SSSR count). The van der Waals surface area contributed by atoms with Crippen LogP contribution in [0.4, 0.5) is 5.69 Å². The molecule has 0 saturated heterocycles. The van der Waals surface area contributed by atoms with Crippen molar-refractivity contribution in [2.75, 3.05) is 25.1 Å². The van der Waals surface area contributed by atoms with E-state index in [2.05, 4.69) is 111 Å². The molecular formula is C75H78N4O10. The van der Waals surface area contributed by atoms with E-state index in [0.29, 0.717) is 44.3 Å². The fourth-order valence-corrected chi connectivity index (χ4v) is 17.6. The predicted molar refractivity (Wildman–Crippen MR) is 341 cm³/mol. The molecule has 0 amide bonds. The van der Waals surface area contributed by atoms with E-state index >= 15 is 4.79 Å². The van der Waals surface area contributed by atoms with E-state index in [-0.39, 0.29) is 88.5 Å². The molecule has 4 aromatic carbocycles. The Morgan fingerprint density at radius 1 is 0.876 bits per heavy atom. The van der Waals surface area contributed by atoms with Crippen LogP contribution in [-0.4, -0.2) is 73.8 Å². The largest absolute Gasteiger partial charge is 0.508 e. The lowest BCUT2D eigenvalue weighted by Crippen LogP contribution is -2.41. The summed E-state index contributed by atoms with van der Waals surface area (Å²) >= 11 is 0. The third-order valence-electron chi connectivity index (χ3n) is 21.5. The molecule has 6 aromatic rings. The average molecular weight is 1200 g/mol. The zero-order valence-electron chi connectivity index (χ0n) is 50.9. The molecule has 2 fully saturated rings. The van der Waals surface area contributed by atoms with Crippen LogP contribution in [0.3, 0.4) is 0 Å². The molecular weight excluding hydrogens is 1120 g/mol. The first kappa shape index (κ1) is 58.0. The molecule has 2 saturated carbocycles. The van der Waals surface area contributed by atoms with Crippen molar-refractivity contribution in [3.05, 3.63) is 184 Å². The highest BCUT2D eigenvalue weighted by atomic mass is 16.5. The number of aromatic amines is 1. The second-order valence-electron chi connectivity index (χ2n) is 26.7. The number of nitrogens with zero attached hydrogens (tertiary/aromatic N) is 2. The van der Waals surface area contributed by atoms with Crippen molar-refractivity contribution < 1.29 is 49.0 Å². The minimum Gasteiger partial charge on any atom is -0.508 e. The number of carbonyl (C=O) groups is 3. The number of ether oxygens (including phenoxy) is 3. The lowest BCUT2D eigenvalue weighted by atomic mass is 9.53. The highest BCUT2D eigenvalue weighted by molar-refractivity contribution is 6.00. The summed E-state index contributed by atoms with van der Waals surface area (Å²) in [5.74, 6) is 7.27. The third-order valence-corrected chi connectivity index (χ3v) is 21.5. The number of benzene rings is 4. The molecule has 0 radical (unpaired) electrons. The van der Waals surface area contributed by atoms with E-state index in [1.165, 1.54) is 44.6 Å². The number of hydrogen-bond acceptors (Lipinski definition) is 12. The van der Waals surface area contributed by atoms with Crippen molar-refractivity contribution in [3.8, 4) is 46.3 Å². The molecule has 9 atom stereocenters. The number of aliphatic hydroxyl groups excluding tert-OH is 1. The SMILES string of the molecule is COc1cc([C@@H]2CC(=O)C[C@H](OC(C)=O)CC[C@@]34C5=CC=C[C@@H]3CC=C[C@@H]4c3c[nH]cc3[C@@H](C#CC5)[C@@H](c3cccc(O)c3)C3=CCNC(=C3)N(CCC(C)=O)c3ccc4c5c(n2cc35)C[C@]2(CCC3(CCCC3)C2)[C@H]4O)cc(O)c1Oc1cccc(O)c1. The highest BCUT2D eigenvalue weighted by Crippen LogP contribution is 2.66. The first-order valence-electron chi connectivity index (χ1n) is 32.0. The quantitative estimate of drug-likeness (QED) is 0.0456. The first-order chi connectivity index (χ1) is 43.1. The van der Waals surface area contributed by atoms with Gasteiger partial charge in [-0.3, -0.25) is 14.4 Å². The number of Topliss-reactive ketones (excluding diaryl/α,β-unsaturated/α-hetero) is 2. The number of aromatic hydroxyl groups is 3. The number of ketones is 2. The Morgan fingerprint density at radius 3 is 2.49 bits per heavy atom. The average Bonchev–Trinajstić information content (AvgIpc) is 1.61. The molecule has 89 heavy (non-hydrogen) atoms. The van der Waals surface area contributed by atoms with Crippen molar-refractivity contribution in [2.24, 2.45) is 22.2 Å². The van der Waals surface area contributed by atoms with E-state index < -0.39 is 41.0 Å². The Kier molecular flexibility index (Phi) is 15.0. The molecule has 4 heterocycles. The standard InChI is InChI=1S/C75H78N4O10/c1-45(80)25-32-78-63-22-21-58-70-61(63)43-79(65(70)40-74(72(58)86)30-29-73(44-74)26-4-5-27-73)64(49-34-66(85)71(67(35-49)87-3)89-55-18-10-17-53(83)37-55)39-54(84)38-56(88-46(2)81)23-28-75-50-12-7-13-51(75)15-9-20-62(75)60-42-76-41-59(60)57(19-8-14-50)69(47-11-6-16-52(82)33-47)48-24-31-77-68(78)36-48/h6-7,9-13,16-18,20-22,24,33-37,41-43,51,56-57,62,64,69,72,76-77,82-83,85-86H,4-5,14-15,23,25-32,38-40,44H2,1-3H3/t51-,56-,57-,62-,64+,69+,72+,74+,75-/m1/s1. The van der Waals surface area contributed by atoms with Crippen molar-refractivity contribution in [3.63, 3.8) is 0 Å². The van der Waals surface area contributed by atoms with Gasteiger partial charge in [0.05, 0.1) is 30.9 Å². The van der Waals surface area contributed by atoms with Crippen LogP contribution < -0.4 is 19.7 Å². The zero-order valence-corrected chi connectivity index (χ0v) is 50.9. The summed E-state index contributed by atoms with van der Waals surface area (Å²) in [5, 5.41) is 52.7. The van der Waals surface area contributed by atoms with Gasteiger partial charge < -0.3 is 54.4 Å². The van der Waals surface area contributed by atoms with Gasteiger partial charge in [0.15, 0.2) is 11.5 Å². The van der Waals surface area contributed by atoms with Crippen LogP contribution in [0, 0.1) is 34.0 Å². The number of aliphatic hydroxyl groups is 1. The molecule has 6 aliphatic carbocycles. The normalized spacial score (nSPS) is 27.5. The lowest BCUT2D eigenvalue weighted by Gasteiger charge is -2.50. The molecule has 0 unspecified atom stereocenters. The van der Waals surface area contributed by atoms with Gasteiger partial charge in [-0.25, -0.2) is 0 Å². The Balaban J connectivity index is 1.01. The van der Waals surface area contributed by atoms with Crippen molar-refractivity contribution in [1.82, 2.24) is 14.9 Å². The fraction of sp³-hybridized carbons (Fsp3) is 0.400. The second-order valence-corrected chi connectivity index (χ2v) is 26.7. The number of aromatic nitrogens is 2. The van der Waals surface area contributed by atoms with Gasteiger partial charge in [0.25, 0.3) is 0 Å². The number of phenols is 3. The fourth-order valence-electron chi connectivity index (χ4n) is 17.6. The topological polar surface area (TPSA) is 196 Å². The van der Waals surface area contributed by atoms with Gasteiger partial charge in [0, 0.05) is 109 Å². The molecule has 14 nitrogen and oxygen atoms in total. The zero-order chi connectivity index (χ0) is 61.3. The molecule has 6 N–H and O–H groups in total. The predicted octanol–water partition coefficient (Wildman–Crippen LogP) is 14.1. The van der Waals surface area contributed by atoms with Crippen LogP contribution in [0.2, 0.25) is 0 Å². The number of nitrogens with one attached hydrogen (secondary N) is 2. The summed E-state index contributed by atoms with van der Waals surface area (Å²) in [5.41, 5.74) is 7.47. The van der Waals surface area contributed by atoms with Crippen LogP contribution in [0.1, 0.15) is 167 Å². The van der Waals surface area contributed by atoms with Gasteiger partial charge in [-0.05, 0) is 158 Å². The smallest absolute Gasteiger partial charge is 0.302 e. The summed E-state index contributed by atoms with van der Waals surface area (Å²) in [6.45, 7) is 3.77. The Hall–Kier alpha value is -8.67. The van der Waals surface area contributed by atoms with Crippen molar-refractivity contribution >= 4 is 34.0 Å². The third kappa shape index (κ3) is 10.3. The van der Waals surface area contributed by atoms with Crippen molar-refractivity contribution in [1.29, 1.82) is 0 Å². The molecule has 14 heteroatoms. The number of fused-ring (bicyclic) bond motifs is 3. The van der Waals surface area contributed by atoms with Gasteiger partial charge in [0.1, 0.15) is 40.7 Å². The number of dihydropyridines is 1. The van der Waals surface area contributed by atoms with E-state index in [1.54, 1.807) is 37.3 Å².